The number of benzene rings is 1. The molecule has 0 radical (unpaired) electrons. The fourth-order valence-electron chi connectivity index (χ4n) is 3.66. The standard InChI is InChI=1S/C19H18F2N2O3/c1-12-9-13(4-5-14(12)20)18(24)23-8-6-19(16(10-23)25-11-26-19)17-15(21)3-2-7-22-17/h2-5,7,9,16H,6,8,10-11H2,1H3/t16-,19?/m1/s1. The average molecular weight is 360 g/mol. The van der Waals surface area contributed by atoms with E-state index >= 15 is 0 Å². The Kier molecular flexibility index (Phi) is 4.20. The first kappa shape index (κ1) is 17.1. The predicted molar refractivity (Wildman–Crippen MR) is 88.4 cm³/mol. The minimum Gasteiger partial charge on any atom is -0.347 e. The lowest BCUT2D eigenvalue weighted by molar-refractivity contribution is -0.0494. The zero-order chi connectivity index (χ0) is 18.3. The van der Waals surface area contributed by atoms with Crippen LogP contribution in [0.1, 0.15) is 28.0 Å². The lowest BCUT2D eigenvalue weighted by atomic mass is 9.84. The van der Waals surface area contributed by atoms with Crippen molar-refractivity contribution in [3.05, 3.63) is 65.0 Å². The summed E-state index contributed by atoms with van der Waals surface area (Å²) in [5.74, 6) is -1.01. The van der Waals surface area contributed by atoms with E-state index in [9.17, 15) is 13.6 Å². The molecule has 0 aliphatic carbocycles. The smallest absolute Gasteiger partial charge is 0.253 e. The molecule has 2 saturated heterocycles. The van der Waals surface area contributed by atoms with Gasteiger partial charge in [-0.1, -0.05) is 0 Å². The number of carbonyl (C=O) groups is 1. The summed E-state index contributed by atoms with van der Waals surface area (Å²) in [6, 6.07) is 7.15. The maximum absolute atomic E-state index is 14.3. The maximum atomic E-state index is 14.3. The molecule has 4 rings (SSSR count). The molecule has 1 aromatic carbocycles. The third-order valence-corrected chi connectivity index (χ3v) is 5.10. The van der Waals surface area contributed by atoms with Gasteiger partial charge in [-0.15, -0.1) is 0 Å². The van der Waals surface area contributed by atoms with Gasteiger partial charge in [0.2, 0.25) is 0 Å². The Labute approximate surface area is 149 Å². The molecule has 1 aromatic heterocycles. The molecule has 0 saturated carbocycles. The van der Waals surface area contributed by atoms with Gasteiger partial charge in [0.1, 0.15) is 35.8 Å². The molecule has 1 unspecified atom stereocenters. The van der Waals surface area contributed by atoms with Gasteiger partial charge >= 0.3 is 0 Å². The predicted octanol–water partition coefficient (Wildman–Crippen LogP) is 2.78. The van der Waals surface area contributed by atoms with Crippen molar-refractivity contribution in [2.75, 3.05) is 19.9 Å². The first-order valence-corrected chi connectivity index (χ1v) is 8.43. The SMILES string of the molecule is Cc1cc(C(=O)N2CCC3(c4ncccc4F)OCO[C@@H]3C2)ccc1F. The second kappa shape index (κ2) is 6.41. The summed E-state index contributed by atoms with van der Waals surface area (Å²) >= 11 is 0. The highest BCUT2D eigenvalue weighted by atomic mass is 19.1. The van der Waals surface area contributed by atoms with Gasteiger partial charge < -0.3 is 14.4 Å². The normalized spacial score (nSPS) is 25.2. The first-order chi connectivity index (χ1) is 12.5. The van der Waals surface area contributed by atoms with Crippen LogP contribution in [0.2, 0.25) is 0 Å². The van der Waals surface area contributed by atoms with E-state index in [0.717, 1.165) is 0 Å². The Hall–Kier alpha value is -2.38. The Morgan fingerprint density at radius 1 is 1.31 bits per heavy atom. The van der Waals surface area contributed by atoms with Crippen LogP contribution in [0.4, 0.5) is 8.78 Å². The molecule has 2 aliphatic rings. The minimum absolute atomic E-state index is 0.0262. The monoisotopic (exact) mass is 360 g/mol. The van der Waals surface area contributed by atoms with Gasteiger partial charge in [-0.25, -0.2) is 8.78 Å². The molecule has 2 aromatic rings. The Bertz CT molecular complexity index is 860. The van der Waals surface area contributed by atoms with Crippen LogP contribution in [0.25, 0.3) is 0 Å². The molecule has 136 valence electrons. The summed E-state index contributed by atoms with van der Waals surface area (Å²) in [5.41, 5.74) is 0.0608. The lowest BCUT2D eigenvalue weighted by Crippen LogP contribution is -2.54. The van der Waals surface area contributed by atoms with Crippen molar-refractivity contribution in [2.45, 2.75) is 25.0 Å². The summed E-state index contributed by atoms with van der Waals surface area (Å²) < 4.78 is 39.2. The number of aryl methyl sites for hydroxylation is 1. The number of amides is 1. The molecule has 26 heavy (non-hydrogen) atoms. The van der Waals surface area contributed by atoms with Crippen LogP contribution >= 0.6 is 0 Å². The number of halogens is 2. The van der Waals surface area contributed by atoms with E-state index in [1.807, 2.05) is 0 Å². The molecule has 0 spiro atoms. The number of rotatable bonds is 2. The van der Waals surface area contributed by atoms with Crippen LogP contribution in [0.15, 0.2) is 36.5 Å². The molecule has 0 bridgehead atoms. The number of fused-ring (bicyclic) bond motifs is 1. The fraction of sp³-hybridized carbons (Fsp3) is 0.368. The van der Waals surface area contributed by atoms with Crippen molar-refractivity contribution in [2.24, 2.45) is 0 Å². The number of likely N-dealkylation sites (tertiary alicyclic amines) is 1. The summed E-state index contributed by atoms with van der Waals surface area (Å²) in [6.45, 7) is 2.26. The number of ether oxygens (including phenoxy) is 2. The van der Waals surface area contributed by atoms with Crippen molar-refractivity contribution in [1.82, 2.24) is 9.88 Å². The number of aromatic nitrogens is 1. The number of hydrogen-bond donors (Lipinski definition) is 0. The largest absolute Gasteiger partial charge is 0.347 e. The van der Waals surface area contributed by atoms with Gasteiger partial charge in [-0.05, 0) is 42.8 Å². The topological polar surface area (TPSA) is 51.7 Å². The van der Waals surface area contributed by atoms with Gasteiger partial charge in [0, 0.05) is 24.7 Å². The van der Waals surface area contributed by atoms with E-state index in [0.29, 0.717) is 24.1 Å². The molecule has 2 atom stereocenters. The zero-order valence-corrected chi connectivity index (χ0v) is 14.2. The van der Waals surface area contributed by atoms with Crippen molar-refractivity contribution in [3.8, 4) is 0 Å². The Balaban J connectivity index is 1.59. The summed E-state index contributed by atoms with van der Waals surface area (Å²) in [4.78, 5) is 18.6. The van der Waals surface area contributed by atoms with E-state index in [4.69, 9.17) is 9.47 Å². The summed E-state index contributed by atoms with van der Waals surface area (Å²) in [5, 5.41) is 0. The molecular weight excluding hydrogens is 342 g/mol. The molecule has 0 N–H and O–H groups in total. The second-order valence-electron chi connectivity index (χ2n) is 6.61. The van der Waals surface area contributed by atoms with E-state index in [1.54, 1.807) is 11.8 Å². The van der Waals surface area contributed by atoms with Gasteiger partial charge in [0.25, 0.3) is 5.91 Å². The number of carbonyl (C=O) groups excluding carboxylic acids is 1. The molecule has 7 heteroatoms. The van der Waals surface area contributed by atoms with Gasteiger partial charge in [0.15, 0.2) is 0 Å². The van der Waals surface area contributed by atoms with Gasteiger partial charge in [-0.2, -0.15) is 0 Å². The number of hydrogen-bond acceptors (Lipinski definition) is 4. The zero-order valence-electron chi connectivity index (χ0n) is 14.2. The number of piperidine rings is 1. The van der Waals surface area contributed by atoms with Gasteiger partial charge in [-0.3, -0.25) is 9.78 Å². The highest BCUT2D eigenvalue weighted by molar-refractivity contribution is 5.94. The van der Waals surface area contributed by atoms with Crippen LogP contribution < -0.4 is 0 Å². The summed E-state index contributed by atoms with van der Waals surface area (Å²) in [6.07, 6.45) is 1.38. The van der Waals surface area contributed by atoms with Crippen LogP contribution in [0, 0.1) is 18.6 Å². The fourth-order valence-corrected chi connectivity index (χ4v) is 3.66. The van der Waals surface area contributed by atoms with Crippen LogP contribution in [0.5, 0.6) is 0 Å². The maximum Gasteiger partial charge on any atom is 0.253 e. The van der Waals surface area contributed by atoms with E-state index < -0.39 is 17.5 Å². The lowest BCUT2D eigenvalue weighted by Gasteiger charge is -2.41. The molecule has 2 aliphatic heterocycles. The van der Waals surface area contributed by atoms with Gasteiger partial charge in [0.05, 0.1) is 6.54 Å². The van der Waals surface area contributed by atoms with Crippen molar-refractivity contribution in [1.29, 1.82) is 0 Å². The highest BCUT2D eigenvalue weighted by Gasteiger charge is 2.53. The Morgan fingerprint density at radius 3 is 2.92 bits per heavy atom. The quantitative estimate of drug-likeness (QED) is 0.826. The third-order valence-electron chi connectivity index (χ3n) is 5.10. The highest BCUT2D eigenvalue weighted by Crippen LogP contribution is 2.42. The first-order valence-electron chi connectivity index (χ1n) is 8.43. The molecular formula is C19H18F2N2O3. The molecule has 1 amide bonds. The molecule has 2 fully saturated rings. The average Bonchev–Trinajstić information content (AvgIpc) is 3.07. The minimum atomic E-state index is -0.985. The van der Waals surface area contributed by atoms with E-state index in [-0.39, 0.29) is 30.8 Å². The van der Waals surface area contributed by atoms with Crippen molar-refractivity contribution < 1.29 is 23.0 Å². The molecule has 5 nitrogen and oxygen atoms in total. The second-order valence-corrected chi connectivity index (χ2v) is 6.61. The van der Waals surface area contributed by atoms with E-state index in [2.05, 4.69) is 4.98 Å². The molecule has 3 heterocycles. The van der Waals surface area contributed by atoms with E-state index in [1.165, 1.54) is 36.5 Å². The van der Waals surface area contributed by atoms with Crippen molar-refractivity contribution >= 4 is 5.91 Å². The summed E-state index contributed by atoms with van der Waals surface area (Å²) in [7, 11) is 0. The van der Waals surface area contributed by atoms with Crippen molar-refractivity contribution in [3.63, 3.8) is 0 Å². The van der Waals surface area contributed by atoms with Crippen LogP contribution in [-0.2, 0) is 15.1 Å². The van der Waals surface area contributed by atoms with Crippen LogP contribution in [0.3, 0.4) is 0 Å². The number of pyridine rings is 1. The third kappa shape index (κ3) is 2.68. The number of nitrogens with zero attached hydrogens (tertiary/aromatic N) is 2. The Morgan fingerprint density at radius 2 is 2.15 bits per heavy atom. The van der Waals surface area contributed by atoms with Crippen LogP contribution in [-0.4, -0.2) is 41.8 Å².